The van der Waals surface area contributed by atoms with Crippen LogP contribution in [0.25, 0.3) is 0 Å². The van der Waals surface area contributed by atoms with Crippen LogP contribution < -0.4 is 0 Å². The zero-order valence-electron chi connectivity index (χ0n) is 7.22. The van der Waals surface area contributed by atoms with Gasteiger partial charge in [-0.3, -0.25) is 0 Å². The summed E-state index contributed by atoms with van der Waals surface area (Å²) in [6.45, 7) is 6.87. The largest absolute Gasteiger partial charge is 0.176 e. The molecule has 1 rings (SSSR count). The zero-order valence-corrected chi connectivity index (χ0v) is 8.12. The van der Waals surface area contributed by atoms with E-state index in [1.54, 1.807) is 0 Å². The van der Waals surface area contributed by atoms with E-state index in [0.717, 1.165) is 5.92 Å². The van der Waals surface area contributed by atoms with E-state index in [0.29, 0.717) is 10.7 Å². The molecule has 0 spiro atoms. The van der Waals surface area contributed by atoms with Gasteiger partial charge in [-0.1, -0.05) is 27.2 Å². The lowest BCUT2D eigenvalue weighted by Gasteiger charge is -2.15. The van der Waals surface area contributed by atoms with Gasteiger partial charge in [0, 0.05) is 0 Å². The van der Waals surface area contributed by atoms with Crippen LogP contribution in [-0.4, -0.2) is 5.25 Å². The van der Waals surface area contributed by atoms with Crippen molar-refractivity contribution >= 4 is 12.6 Å². The highest BCUT2D eigenvalue weighted by Crippen LogP contribution is 2.58. The predicted molar refractivity (Wildman–Crippen MR) is 49.6 cm³/mol. The monoisotopic (exact) mass is 158 g/mol. The second kappa shape index (κ2) is 2.77. The van der Waals surface area contributed by atoms with Crippen LogP contribution in [0, 0.1) is 11.3 Å². The van der Waals surface area contributed by atoms with E-state index in [1.807, 2.05) is 0 Å². The molecule has 3 atom stereocenters. The highest BCUT2D eigenvalue weighted by molar-refractivity contribution is 7.80. The summed E-state index contributed by atoms with van der Waals surface area (Å²) in [5, 5.41) is 0.588. The van der Waals surface area contributed by atoms with E-state index in [-0.39, 0.29) is 0 Å². The molecule has 0 amide bonds. The third kappa shape index (κ3) is 1.50. The summed E-state index contributed by atoms with van der Waals surface area (Å²) in [5.74, 6) is 0.965. The standard InChI is InChI=1S/C9H18S/c1-4-9(5-7(9)2)6-8(3)10/h7-8,10H,4-6H2,1-3H3. The Kier molecular flexibility index (Phi) is 2.34. The van der Waals surface area contributed by atoms with Crippen molar-refractivity contribution in [3.05, 3.63) is 0 Å². The van der Waals surface area contributed by atoms with Crippen LogP contribution in [0.1, 0.15) is 40.0 Å². The molecule has 0 nitrogen and oxygen atoms in total. The molecule has 0 heterocycles. The molecule has 0 bridgehead atoms. The molecule has 1 aliphatic rings. The predicted octanol–water partition coefficient (Wildman–Crippen LogP) is 3.13. The van der Waals surface area contributed by atoms with Crippen LogP contribution in [0.5, 0.6) is 0 Å². The van der Waals surface area contributed by atoms with Gasteiger partial charge in [-0.15, -0.1) is 0 Å². The van der Waals surface area contributed by atoms with Crippen molar-refractivity contribution in [2.45, 2.75) is 45.3 Å². The van der Waals surface area contributed by atoms with E-state index in [9.17, 15) is 0 Å². The Morgan fingerprint density at radius 1 is 1.70 bits per heavy atom. The van der Waals surface area contributed by atoms with Crippen molar-refractivity contribution in [3.63, 3.8) is 0 Å². The summed E-state index contributed by atoms with van der Waals surface area (Å²) in [6, 6.07) is 0. The van der Waals surface area contributed by atoms with Gasteiger partial charge in [-0.05, 0) is 29.4 Å². The highest BCUT2D eigenvalue weighted by atomic mass is 32.1. The van der Waals surface area contributed by atoms with Crippen molar-refractivity contribution in [3.8, 4) is 0 Å². The summed E-state index contributed by atoms with van der Waals surface area (Å²) in [5.41, 5.74) is 0.696. The molecule has 1 aliphatic carbocycles. The van der Waals surface area contributed by atoms with Crippen LogP contribution in [0.4, 0.5) is 0 Å². The van der Waals surface area contributed by atoms with Crippen molar-refractivity contribution in [1.29, 1.82) is 0 Å². The van der Waals surface area contributed by atoms with Crippen LogP contribution in [0.2, 0.25) is 0 Å². The first-order valence-corrected chi connectivity index (χ1v) is 4.80. The first kappa shape index (κ1) is 8.45. The van der Waals surface area contributed by atoms with Crippen molar-refractivity contribution in [1.82, 2.24) is 0 Å². The molecular formula is C9H18S. The Morgan fingerprint density at radius 2 is 2.20 bits per heavy atom. The van der Waals surface area contributed by atoms with Gasteiger partial charge in [0.05, 0.1) is 0 Å². The normalized spacial score (nSPS) is 41.4. The Balaban J connectivity index is 2.37. The molecule has 1 fully saturated rings. The quantitative estimate of drug-likeness (QED) is 0.599. The molecule has 0 saturated heterocycles. The minimum absolute atomic E-state index is 0.588. The van der Waals surface area contributed by atoms with E-state index in [2.05, 4.69) is 33.4 Å². The topological polar surface area (TPSA) is 0 Å². The molecule has 0 radical (unpaired) electrons. The molecule has 0 aromatic heterocycles. The second-order valence-electron chi connectivity index (χ2n) is 3.87. The number of hydrogen-bond donors (Lipinski definition) is 1. The molecule has 0 N–H and O–H groups in total. The maximum absolute atomic E-state index is 4.43. The van der Waals surface area contributed by atoms with Crippen LogP contribution in [0.3, 0.4) is 0 Å². The highest BCUT2D eigenvalue weighted by Gasteiger charge is 2.48. The van der Waals surface area contributed by atoms with Crippen molar-refractivity contribution in [2.24, 2.45) is 11.3 Å². The van der Waals surface area contributed by atoms with E-state index >= 15 is 0 Å². The smallest absolute Gasteiger partial charge is 0.000621 e. The minimum atomic E-state index is 0.588. The van der Waals surface area contributed by atoms with Crippen LogP contribution >= 0.6 is 12.6 Å². The number of hydrogen-bond acceptors (Lipinski definition) is 1. The SMILES string of the molecule is CCC1(CC(C)S)CC1C. The van der Waals surface area contributed by atoms with Gasteiger partial charge >= 0.3 is 0 Å². The third-order valence-electron chi connectivity index (χ3n) is 3.00. The van der Waals surface area contributed by atoms with Gasteiger partial charge in [0.2, 0.25) is 0 Å². The van der Waals surface area contributed by atoms with Gasteiger partial charge in [0.15, 0.2) is 0 Å². The lowest BCUT2D eigenvalue weighted by molar-refractivity contribution is 0.414. The fourth-order valence-electron chi connectivity index (χ4n) is 2.06. The van der Waals surface area contributed by atoms with Gasteiger partial charge in [-0.2, -0.15) is 12.6 Å². The average molecular weight is 158 g/mol. The average Bonchev–Trinajstić information content (AvgIpc) is 2.42. The fraction of sp³-hybridized carbons (Fsp3) is 1.00. The summed E-state index contributed by atoms with van der Waals surface area (Å²) in [7, 11) is 0. The molecule has 0 aliphatic heterocycles. The molecule has 10 heavy (non-hydrogen) atoms. The van der Waals surface area contributed by atoms with Crippen LogP contribution in [0.15, 0.2) is 0 Å². The molecule has 0 aromatic carbocycles. The second-order valence-corrected chi connectivity index (χ2v) is 4.76. The fourth-order valence-corrected chi connectivity index (χ4v) is 2.42. The lowest BCUT2D eigenvalue weighted by Crippen LogP contribution is -2.07. The Bertz CT molecular complexity index is 116. The minimum Gasteiger partial charge on any atom is -0.176 e. The van der Waals surface area contributed by atoms with Crippen LogP contribution in [-0.2, 0) is 0 Å². The molecular weight excluding hydrogens is 140 g/mol. The van der Waals surface area contributed by atoms with E-state index in [4.69, 9.17) is 0 Å². The summed E-state index contributed by atoms with van der Waals surface area (Å²) in [6.07, 6.45) is 4.10. The zero-order chi connectivity index (χ0) is 7.78. The maximum atomic E-state index is 4.43. The first-order chi connectivity index (χ1) is 4.60. The maximum Gasteiger partial charge on any atom is -0.000621 e. The Labute approximate surface area is 69.8 Å². The van der Waals surface area contributed by atoms with Gasteiger partial charge in [0.25, 0.3) is 0 Å². The summed E-state index contributed by atoms with van der Waals surface area (Å²) >= 11 is 4.43. The Hall–Kier alpha value is 0.350. The van der Waals surface area contributed by atoms with Gasteiger partial charge in [-0.25, -0.2) is 0 Å². The van der Waals surface area contributed by atoms with E-state index < -0.39 is 0 Å². The van der Waals surface area contributed by atoms with Gasteiger partial charge in [0.1, 0.15) is 0 Å². The van der Waals surface area contributed by atoms with Gasteiger partial charge < -0.3 is 0 Å². The Morgan fingerprint density at radius 3 is 2.30 bits per heavy atom. The number of thiol groups is 1. The molecule has 3 unspecified atom stereocenters. The van der Waals surface area contributed by atoms with Crippen molar-refractivity contribution < 1.29 is 0 Å². The third-order valence-corrected chi connectivity index (χ3v) is 3.19. The summed E-state index contributed by atoms with van der Waals surface area (Å²) in [4.78, 5) is 0. The lowest BCUT2D eigenvalue weighted by atomic mass is 9.95. The first-order valence-electron chi connectivity index (χ1n) is 4.29. The van der Waals surface area contributed by atoms with Crippen molar-refractivity contribution in [2.75, 3.05) is 0 Å². The molecule has 1 saturated carbocycles. The molecule has 1 heteroatoms. The molecule has 60 valence electrons. The summed E-state index contributed by atoms with van der Waals surface area (Å²) < 4.78 is 0. The molecule has 0 aromatic rings. The van der Waals surface area contributed by atoms with E-state index in [1.165, 1.54) is 19.3 Å². The number of rotatable bonds is 3.